The molecule has 0 spiro atoms. The van der Waals surface area contributed by atoms with Gasteiger partial charge in [-0.1, -0.05) is 13.3 Å². The minimum atomic E-state index is -0.243. The van der Waals surface area contributed by atoms with Crippen LogP contribution < -0.4 is 0 Å². The molecule has 1 aliphatic rings. The topological polar surface area (TPSA) is 50.3 Å². The molecule has 1 aliphatic heterocycles. The lowest BCUT2D eigenvalue weighted by Crippen LogP contribution is -2.32. The first-order valence-corrected chi connectivity index (χ1v) is 6.86. The van der Waals surface area contributed by atoms with Gasteiger partial charge < -0.3 is 0 Å². The number of hydrogen-bond donors (Lipinski definition) is 0. The van der Waals surface area contributed by atoms with Crippen LogP contribution in [0.25, 0.3) is 0 Å². The summed E-state index contributed by atoms with van der Waals surface area (Å²) in [6.45, 7) is 2.63. The molecule has 0 N–H and O–H groups in total. The monoisotopic (exact) mass is 310 g/mol. The average Bonchev–Trinajstić information content (AvgIpc) is 2.70. The number of likely N-dealkylation sites (tertiary alicyclic amines) is 1. The first-order valence-electron chi connectivity index (χ1n) is 6.07. The van der Waals surface area contributed by atoms with E-state index < -0.39 is 0 Å². The Bertz CT molecular complexity index is 476. The molecule has 1 aromatic heterocycles. The predicted octanol–water partition coefficient (Wildman–Crippen LogP) is 2.63. The van der Waals surface area contributed by atoms with Crippen LogP contribution in [0.2, 0.25) is 0 Å². The highest BCUT2D eigenvalue weighted by Crippen LogP contribution is 2.24. The van der Waals surface area contributed by atoms with Gasteiger partial charge in [-0.05, 0) is 34.3 Å². The average molecular weight is 311 g/mol. The van der Waals surface area contributed by atoms with Crippen LogP contribution in [0.15, 0.2) is 22.9 Å². The van der Waals surface area contributed by atoms with Gasteiger partial charge in [-0.25, -0.2) is 0 Å². The van der Waals surface area contributed by atoms with Crippen molar-refractivity contribution in [1.82, 2.24) is 9.88 Å². The van der Waals surface area contributed by atoms with Gasteiger partial charge in [0.15, 0.2) is 0 Å². The summed E-state index contributed by atoms with van der Waals surface area (Å²) in [4.78, 5) is 29.3. The molecule has 0 saturated carbocycles. The molecule has 2 rings (SSSR count). The fourth-order valence-corrected chi connectivity index (χ4v) is 2.63. The van der Waals surface area contributed by atoms with Crippen molar-refractivity contribution in [3.8, 4) is 0 Å². The Morgan fingerprint density at radius 2 is 2.33 bits per heavy atom. The molecule has 1 aromatic rings. The molecule has 1 unspecified atom stereocenters. The third kappa shape index (κ3) is 2.77. The van der Waals surface area contributed by atoms with Gasteiger partial charge in [-0.2, -0.15) is 0 Å². The van der Waals surface area contributed by atoms with E-state index in [1.807, 2.05) is 0 Å². The maximum Gasteiger partial charge on any atom is 0.262 e. The molecule has 1 atom stereocenters. The largest absolute Gasteiger partial charge is 0.278 e. The molecule has 0 aliphatic carbocycles. The number of nitrogens with zero attached hydrogens (tertiary/aromatic N) is 2. The number of carbonyl (C=O) groups is 2. The Labute approximate surface area is 115 Å². The highest BCUT2D eigenvalue weighted by molar-refractivity contribution is 9.10. The summed E-state index contributed by atoms with van der Waals surface area (Å²) in [6, 6.07) is 1.69. The zero-order valence-corrected chi connectivity index (χ0v) is 11.8. The summed E-state index contributed by atoms with van der Waals surface area (Å²) in [6.07, 6.45) is 5.63. The first kappa shape index (κ1) is 13.2. The lowest BCUT2D eigenvalue weighted by molar-refractivity contribution is -0.125. The second kappa shape index (κ2) is 5.61. The van der Waals surface area contributed by atoms with Crippen molar-refractivity contribution >= 4 is 27.7 Å². The second-order valence-electron chi connectivity index (χ2n) is 4.56. The van der Waals surface area contributed by atoms with Crippen LogP contribution in [0.3, 0.4) is 0 Å². The standard InChI is InChI=1S/C13H15BrN2O2/c1-2-3-9-4-12(17)16(8-9)13(18)10-5-11(14)7-15-6-10/h5-7,9H,2-4,8H2,1H3. The summed E-state index contributed by atoms with van der Waals surface area (Å²) in [5.74, 6) is -0.00242. The van der Waals surface area contributed by atoms with Crippen LogP contribution in [0.1, 0.15) is 36.5 Å². The van der Waals surface area contributed by atoms with E-state index in [0.717, 1.165) is 17.3 Å². The molecular weight excluding hydrogens is 296 g/mol. The minimum absolute atomic E-state index is 0.0709. The first-order chi connectivity index (χ1) is 8.61. The number of imide groups is 1. The van der Waals surface area contributed by atoms with Crippen molar-refractivity contribution in [2.75, 3.05) is 6.54 Å². The van der Waals surface area contributed by atoms with E-state index in [1.165, 1.54) is 11.1 Å². The van der Waals surface area contributed by atoms with Crippen LogP contribution in [0.4, 0.5) is 0 Å². The van der Waals surface area contributed by atoms with Gasteiger partial charge in [-0.15, -0.1) is 0 Å². The second-order valence-corrected chi connectivity index (χ2v) is 5.48. The normalized spacial score (nSPS) is 19.3. The van der Waals surface area contributed by atoms with E-state index in [9.17, 15) is 9.59 Å². The number of aromatic nitrogens is 1. The quantitative estimate of drug-likeness (QED) is 0.806. The van der Waals surface area contributed by atoms with Crippen molar-refractivity contribution in [2.45, 2.75) is 26.2 Å². The van der Waals surface area contributed by atoms with Gasteiger partial charge in [0.1, 0.15) is 0 Å². The fourth-order valence-electron chi connectivity index (χ4n) is 2.26. The Morgan fingerprint density at radius 1 is 1.56 bits per heavy atom. The third-order valence-corrected chi connectivity index (χ3v) is 3.53. The van der Waals surface area contributed by atoms with E-state index in [1.54, 1.807) is 12.3 Å². The van der Waals surface area contributed by atoms with E-state index in [4.69, 9.17) is 0 Å². The fraction of sp³-hybridized carbons (Fsp3) is 0.462. The van der Waals surface area contributed by atoms with Crippen LogP contribution in [0, 0.1) is 5.92 Å². The summed E-state index contributed by atoms with van der Waals surface area (Å²) < 4.78 is 0.741. The maximum atomic E-state index is 12.2. The molecule has 5 heteroatoms. The lowest BCUT2D eigenvalue weighted by Gasteiger charge is -2.14. The van der Waals surface area contributed by atoms with Gasteiger partial charge >= 0.3 is 0 Å². The molecule has 96 valence electrons. The highest BCUT2D eigenvalue weighted by atomic mass is 79.9. The molecule has 1 fully saturated rings. The van der Waals surface area contributed by atoms with Gasteiger partial charge in [0.2, 0.25) is 5.91 Å². The van der Waals surface area contributed by atoms with Crippen molar-refractivity contribution < 1.29 is 9.59 Å². The Morgan fingerprint density at radius 3 is 3.00 bits per heavy atom. The van der Waals surface area contributed by atoms with E-state index in [0.29, 0.717) is 24.4 Å². The van der Waals surface area contributed by atoms with E-state index in [-0.39, 0.29) is 11.8 Å². The SMILES string of the molecule is CCCC1CC(=O)N(C(=O)c2cncc(Br)c2)C1. The highest BCUT2D eigenvalue weighted by Gasteiger charge is 2.33. The van der Waals surface area contributed by atoms with Crippen LogP contribution in [-0.4, -0.2) is 28.2 Å². The summed E-state index contributed by atoms with van der Waals surface area (Å²) in [5.41, 5.74) is 0.454. The van der Waals surface area contributed by atoms with Crippen molar-refractivity contribution in [1.29, 1.82) is 0 Å². The van der Waals surface area contributed by atoms with Crippen LogP contribution >= 0.6 is 15.9 Å². The Kier molecular flexibility index (Phi) is 4.11. The number of pyridine rings is 1. The number of amides is 2. The number of hydrogen-bond acceptors (Lipinski definition) is 3. The molecular formula is C13H15BrN2O2. The molecule has 2 heterocycles. The van der Waals surface area contributed by atoms with Crippen LogP contribution in [-0.2, 0) is 4.79 Å². The van der Waals surface area contributed by atoms with Crippen molar-refractivity contribution in [2.24, 2.45) is 5.92 Å². The lowest BCUT2D eigenvalue weighted by atomic mass is 10.0. The van der Waals surface area contributed by atoms with Crippen molar-refractivity contribution in [3.63, 3.8) is 0 Å². The van der Waals surface area contributed by atoms with E-state index in [2.05, 4.69) is 27.8 Å². The number of carbonyl (C=O) groups excluding carboxylic acids is 2. The summed E-state index contributed by atoms with van der Waals surface area (Å²) in [5, 5.41) is 0. The summed E-state index contributed by atoms with van der Waals surface area (Å²) in [7, 11) is 0. The molecule has 0 aromatic carbocycles. The maximum absolute atomic E-state index is 12.2. The molecule has 18 heavy (non-hydrogen) atoms. The van der Waals surface area contributed by atoms with E-state index >= 15 is 0 Å². The predicted molar refractivity (Wildman–Crippen MR) is 71.0 cm³/mol. The zero-order valence-electron chi connectivity index (χ0n) is 10.2. The number of halogens is 1. The van der Waals surface area contributed by atoms with Gasteiger partial charge in [0.05, 0.1) is 5.56 Å². The molecule has 4 nitrogen and oxygen atoms in total. The molecule has 1 saturated heterocycles. The summed E-state index contributed by atoms with van der Waals surface area (Å²) >= 11 is 3.27. The molecule has 2 amide bonds. The zero-order chi connectivity index (χ0) is 13.1. The molecule has 0 radical (unpaired) electrons. The van der Waals surface area contributed by atoms with Gasteiger partial charge in [-0.3, -0.25) is 19.5 Å². The van der Waals surface area contributed by atoms with Crippen molar-refractivity contribution in [3.05, 3.63) is 28.5 Å². The number of rotatable bonds is 3. The van der Waals surface area contributed by atoms with Crippen LogP contribution in [0.5, 0.6) is 0 Å². The van der Waals surface area contributed by atoms with Gasteiger partial charge in [0, 0.05) is 29.8 Å². The molecule has 0 bridgehead atoms. The minimum Gasteiger partial charge on any atom is -0.278 e. The third-order valence-electron chi connectivity index (χ3n) is 3.10. The Hall–Kier alpha value is -1.23. The smallest absolute Gasteiger partial charge is 0.262 e. The van der Waals surface area contributed by atoms with Gasteiger partial charge in [0.25, 0.3) is 5.91 Å². The Balaban J connectivity index is 2.12.